The molecule has 0 unspecified atom stereocenters. The third-order valence-corrected chi connectivity index (χ3v) is 4.19. The summed E-state index contributed by atoms with van der Waals surface area (Å²) in [7, 11) is 0. The Kier molecular flexibility index (Phi) is 5.51. The van der Waals surface area contributed by atoms with Crippen molar-refractivity contribution in [3.05, 3.63) is 40.4 Å². The van der Waals surface area contributed by atoms with Gasteiger partial charge in [-0.2, -0.15) is 0 Å². The van der Waals surface area contributed by atoms with Gasteiger partial charge in [-0.3, -0.25) is 9.59 Å². The summed E-state index contributed by atoms with van der Waals surface area (Å²) >= 11 is 7.31. The maximum atomic E-state index is 12.4. The summed E-state index contributed by atoms with van der Waals surface area (Å²) in [5.74, 6) is -1.18. The Bertz CT molecular complexity index is 687. The number of rotatable bonds is 6. The molecule has 7 heteroatoms. The van der Waals surface area contributed by atoms with E-state index in [9.17, 15) is 9.59 Å². The number of hydrogen-bond acceptors (Lipinski definition) is 4. The molecule has 0 spiro atoms. The fourth-order valence-electron chi connectivity index (χ4n) is 1.92. The standard InChI is InChI=1S/C15H15ClN2O3S/c1-2-18(7-6-13(19)20)15(21)12-9-22-14(17-12)10-4-3-5-11(16)8-10/h3-5,8-9H,2,6-7H2,1H3,(H,19,20). The lowest BCUT2D eigenvalue weighted by Gasteiger charge is -2.18. The summed E-state index contributed by atoms with van der Waals surface area (Å²) in [6, 6.07) is 7.26. The van der Waals surface area contributed by atoms with Crippen molar-refractivity contribution >= 4 is 34.8 Å². The van der Waals surface area contributed by atoms with Gasteiger partial charge in [-0.05, 0) is 19.1 Å². The van der Waals surface area contributed by atoms with Crippen molar-refractivity contribution in [1.82, 2.24) is 9.88 Å². The number of thiazole rings is 1. The van der Waals surface area contributed by atoms with Crippen LogP contribution in [0.2, 0.25) is 5.02 Å². The van der Waals surface area contributed by atoms with Crippen LogP contribution in [0.25, 0.3) is 10.6 Å². The molecule has 0 fully saturated rings. The molecule has 1 amide bonds. The molecule has 5 nitrogen and oxygen atoms in total. The lowest BCUT2D eigenvalue weighted by molar-refractivity contribution is -0.137. The Balaban J connectivity index is 2.16. The molecule has 2 aromatic rings. The van der Waals surface area contributed by atoms with Crippen LogP contribution < -0.4 is 0 Å². The summed E-state index contributed by atoms with van der Waals surface area (Å²) < 4.78 is 0. The van der Waals surface area contributed by atoms with E-state index in [1.165, 1.54) is 16.2 Å². The second kappa shape index (κ2) is 7.38. The Morgan fingerprint density at radius 3 is 2.82 bits per heavy atom. The van der Waals surface area contributed by atoms with Gasteiger partial charge < -0.3 is 10.0 Å². The van der Waals surface area contributed by atoms with E-state index < -0.39 is 5.97 Å². The van der Waals surface area contributed by atoms with E-state index in [0.29, 0.717) is 22.3 Å². The number of carboxylic acids is 1. The third kappa shape index (κ3) is 4.05. The summed E-state index contributed by atoms with van der Waals surface area (Å²) in [5.41, 5.74) is 1.18. The number of halogens is 1. The monoisotopic (exact) mass is 338 g/mol. The van der Waals surface area contributed by atoms with E-state index in [2.05, 4.69) is 4.98 Å². The molecule has 0 radical (unpaired) electrons. The second-order valence-corrected chi connectivity index (χ2v) is 5.87. The number of benzene rings is 1. The first kappa shape index (κ1) is 16.5. The number of aliphatic carboxylic acids is 1. The van der Waals surface area contributed by atoms with E-state index in [4.69, 9.17) is 16.7 Å². The van der Waals surface area contributed by atoms with E-state index in [1.807, 2.05) is 19.1 Å². The van der Waals surface area contributed by atoms with Crippen molar-refractivity contribution in [2.24, 2.45) is 0 Å². The first-order valence-corrected chi connectivity index (χ1v) is 7.99. The van der Waals surface area contributed by atoms with Gasteiger partial charge in [-0.1, -0.05) is 23.7 Å². The minimum Gasteiger partial charge on any atom is -0.481 e. The van der Waals surface area contributed by atoms with Crippen molar-refractivity contribution in [1.29, 1.82) is 0 Å². The zero-order valence-electron chi connectivity index (χ0n) is 12.0. The van der Waals surface area contributed by atoms with Crippen molar-refractivity contribution in [2.75, 3.05) is 13.1 Å². The van der Waals surface area contributed by atoms with Gasteiger partial charge in [0.05, 0.1) is 6.42 Å². The predicted octanol–water partition coefficient (Wildman–Crippen LogP) is 3.40. The second-order valence-electron chi connectivity index (χ2n) is 4.58. The van der Waals surface area contributed by atoms with Crippen LogP contribution in [0.4, 0.5) is 0 Å². The first-order valence-electron chi connectivity index (χ1n) is 6.73. The number of carboxylic acid groups (broad SMARTS) is 1. The Morgan fingerprint density at radius 2 is 2.18 bits per heavy atom. The predicted molar refractivity (Wildman–Crippen MR) is 86.4 cm³/mol. The summed E-state index contributed by atoms with van der Waals surface area (Å²) in [6.45, 7) is 2.43. The van der Waals surface area contributed by atoms with Crippen LogP contribution in [0, 0.1) is 0 Å². The Morgan fingerprint density at radius 1 is 1.41 bits per heavy atom. The molecule has 0 bridgehead atoms. The highest BCUT2D eigenvalue weighted by Gasteiger charge is 2.18. The fourth-order valence-corrected chi connectivity index (χ4v) is 2.90. The third-order valence-electron chi connectivity index (χ3n) is 3.06. The number of amides is 1. The van der Waals surface area contributed by atoms with Crippen molar-refractivity contribution in [3.63, 3.8) is 0 Å². The molecule has 0 saturated carbocycles. The average molecular weight is 339 g/mol. The number of nitrogens with zero attached hydrogens (tertiary/aromatic N) is 2. The van der Waals surface area contributed by atoms with Gasteiger partial charge in [0, 0.05) is 29.1 Å². The smallest absolute Gasteiger partial charge is 0.305 e. The first-order chi connectivity index (χ1) is 10.5. The fraction of sp³-hybridized carbons (Fsp3) is 0.267. The Hall–Kier alpha value is -1.92. The maximum Gasteiger partial charge on any atom is 0.305 e. The minimum atomic E-state index is -0.927. The van der Waals surface area contributed by atoms with E-state index in [-0.39, 0.29) is 18.9 Å². The number of carbonyl (C=O) groups excluding carboxylic acids is 1. The average Bonchev–Trinajstić information content (AvgIpc) is 2.97. The molecule has 0 aliphatic carbocycles. The van der Waals surface area contributed by atoms with E-state index >= 15 is 0 Å². The quantitative estimate of drug-likeness (QED) is 0.876. The van der Waals surface area contributed by atoms with Crippen LogP contribution in [-0.4, -0.2) is 40.0 Å². The van der Waals surface area contributed by atoms with Crippen molar-refractivity contribution < 1.29 is 14.7 Å². The van der Waals surface area contributed by atoms with Crippen LogP contribution in [0.3, 0.4) is 0 Å². The van der Waals surface area contributed by atoms with E-state index in [0.717, 1.165) is 5.56 Å². The zero-order chi connectivity index (χ0) is 16.1. The molecule has 1 aromatic carbocycles. The van der Waals surface area contributed by atoms with Gasteiger partial charge in [-0.25, -0.2) is 4.98 Å². The lowest BCUT2D eigenvalue weighted by Crippen LogP contribution is -2.33. The summed E-state index contributed by atoms with van der Waals surface area (Å²) in [6.07, 6.45) is -0.0785. The molecule has 0 aliphatic heterocycles. The molecule has 0 aliphatic rings. The largest absolute Gasteiger partial charge is 0.481 e. The SMILES string of the molecule is CCN(CCC(=O)O)C(=O)c1csc(-c2cccc(Cl)c2)n1. The van der Waals surface area contributed by atoms with Crippen molar-refractivity contribution in [3.8, 4) is 10.6 Å². The van der Waals surface area contributed by atoms with Crippen LogP contribution in [0.1, 0.15) is 23.8 Å². The number of hydrogen-bond donors (Lipinski definition) is 1. The molecule has 1 aromatic heterocycles. The Labute approximate surface area is 137 Å². The minimum absolute atomic E-state index is 0.0785. The molecular formula is C15H15ClN2O3S. The van der Waals surface area contributed by atoms with Gasteiger partial charge >= 0.3 is 5.97 Å². The topological polar surface area (TPSA) is 70.5 Å². The van der Waals surface area contributed by atoms with Crippen molar-refractivity contribution in [2.45, 2.75) is 13.3 Å². The highest BCUT2D eigenvalue weighted by molar-refractivity contribution is 7.13. The molecule has 0 atom stereocenters. The molecule has 2 rings (SSSR count). The molecular weight excluding hydrogens is 324 g/mol. The number of aromatic nitrogens is 1. The molecule has 1 heterocycles. The molecule has 22 heavy (non-hydrogen) atoms. The lowest BCUT2D eigenvalue weighted by atomic mass is 10.2. The van der Waals surface area contributed by atoms with Crippen LogP contribution >= 0.6 is 22.9 Å². The normalized spacial score (nSPS) is 10.5. The summed E-state index contributed by atoms with van der Waals surface area (Å²) in [4.78, 5) is 28.8. The van der Waals surface area contributed by atoms with Crippen LogP contribution in [0.5, 0.6) is 0 Å². The van der Waals surface area contributed by atoms with Gasteiger partial charge in [0.2, 0.25) is 0 Å². The molecule has 0 saturated heterocycles. The van der Waals surface area contributed by atoms with Gasteiger partial charge in [-0.15, -0.1) is 11.3 Å². The maximum absolute atomic E-state index is 12.4. The number of carbonyl (C=O) groups is 2. The zero-order valence-corrected chi connectivity index (χ0v) is 13.5. The van der Waals surface area contributed by atoms with E-state index in [1.54, 1.807) is 17.5 Å². The molecule has 1 N–H and O–H groups in total. The van der Waals surface area contributed by atoms with Gasteiger partial charge in [0.1, 0.15) is 10.7 Å². The summed E-state index contributed by atoms with van der Waals surface area (Å²) in [5, 5.41) is 11.7. The van der Waals surface area contributed by atoms with Crippen LogP contribution in [-0.2, 0) is 4.79 Å². The van der Waals surface area contributed by atoms with Gasteiger partial charge in [0.25, 0.3) is 5.91 Å². The van der Waals surface area contributed by atoms with Crippen LogP contribution in [0.15, 0.2) is 29.6 Å². The highest BCUT2D eigenvalue weighted by Crippen LogP contribution is 2.26. The molecule has 116 valence electrons. The highest BCUT2D eigenvalue weighted by atomic mass is 35.5. The van der Waals surface area contributed by atoms with Gasteiger partial charge in [0.15, 0.2) is 0 Å².